The van der Waals surface area contributed by atoms with Crippen molar-refractivity contribution >= 4 is 11.5 Å². The Kier molecular flexibility index (Phi) is 3.13. The minimum Gasteiger partial charge on any atom is -0.462 e. The molecule has 0 aromatic carbocycles. The lowest BCUT2D eigenvalue weighted by molar-refractivity contribution is 0.0527. The van der Waals surface area contributed by atoms with Crippen molar-refractivity contribution in [1.82, 2.24) is 9.61 Å². The second-order valence-electron chi connectivity index (χ2n) is 3.93. The highest BCUT2D eigenvalue weighted by Crippen LogP contribution is 2.18. The zero-order chi connectivity index (χ0) is 12.4. The molecule has 0 fully saturated rings. The fourth-order valence-corrected chi connectivity index (χ4v) is 1.87. The summed E-state index contributed by atoms with van der Waals surface area (Å²) in [6, 6.07) is 3.92. The summed E-state index contributed by atoms with van der Waals surface area (Å²) in [5, 5.41) is 4.39. The molecule has 0 aliphatic rings. The molecule has 2 aromatic heterocycles. The third-order valence-electron chi connectivity index (χ3n) is 2.68. The Morgan fingerprint density at radius 2 is 2.24 bits per heavy atom. The Labute approximate surface area is 100 Å². The maximum absolute atomic E-state index is 11.9. The van der Waals surface area contributed by atoms with Crippen LogP contribution in [0.3, 0.4) is 0 Å². The van der Waals surface area contributed by atoms with Crippen LogP contribution >= 0.6 is 0 Å². The van der Waals surface area contributed by atoms with E-state index in [1.54, 1.807) is 11.4 Å². The third kappa shape index (κ3) is 2.02. The van der Waals surface area contributed by atoms with Crippen molar-refractivity contribution in [3.05, 3.63) is 35.2 Å². The number of hydrogen-bond donors (Lipinski definition) is 0. The van der Waals surface area contributed by atoms with Crippen LogP contribution < -0.4 is 0 Å². The SMILES string of the molecule is CCOC(=O)c1c(CC)nn2ccc(C)cc12. The Morgan fingerprint density at radius 1 is 1.47 bits per heavy atom. The molecular formula is C13H16N2O2. The van der Waals surface area contributed by atoms with Crippen LogP contribution in [0.5, 0.6) is 0 Å². The summed E-state index contributed by atoms with van der Waals surface area (Å²) in [7, 11) is 0. The Morgan fingerprint density at radius 3 is 2.88 bits per heavy atom. The minimum absolute atomic E-state index is 0.287. The summed E-state index contributed by atoms with van der Waals surface area (Å²) in [6.07, 6.45) is 2.58. The summed E-state index contributed by atoms with van der Waals surface area (Å²) < 4.78 is 6.82. The molecule has 0 aliphatic carbocycles. The van der Waals surface area contributed by atoms with Crippen LogP contribution in [0.25, 0.3) is 5.52 Å². The Balaban J connectivity index is 2.64. The molecule has 0 spiro atoms. The number of carbonyl (C=O) groups is 1. The molecule has 0 radical (unpaired) electrons. The van der Waals surface area contributed by atoms with Gasteiger partial charge >= 0.3 is 5.97 Å². The summed E-state index contributed by atoms with van der Waals surface area (Å²) in [4.78, 5) is 11.9. The highest BCUT2D eigenvalue weighted by atomic mass is 16.5. The van der Waals surface area contributed by atoms with Crippen LogP contribution in [0.4, 0.5) is 0 Å². The van der Waals surface area contributed by atoms with Crippen molar-refractivity contribution in [1.29, 1.82) is 0 Å². The molecule has 2 heterocycles. The first-order chi connectivity index (χ1) is 8.17. The fourth-order valence-electron chi connectivity index (χ4n) is 1.87. The zero-order valence-corrected chi connectivity index (χ0v) is 10.4. The Hall–Kier alpha value is -1.84. The van der Waals surface area contributed by atoms with Gasteiger partial charge in [0.15, 0.2) is 0 Å². The molecule has 0 bridgehead atoms. The van der Waals surface area contributed by atoms with Gasteiger partial charge in [-0.1, -0.05) is 6.92 Å². The van der Waals surface area contributed by atoms with Gasteiger partial charge in [0.25, 0.3) is 0 Å². The van der Waals surface area contributed by atoms with Crippen LogP contribution in [0, 0.1) is 6.92 Å². The number of fused-ring (bicyclic) bond motifs is 1. The molecule has 2 rings (SSSR count). The van der Waals surface area contributed by atoms with Gasteiger partial charge in [-0.15, -0.1) is 0 Å². The van der Waals surface area contributed by atoms with Crippen LogP contribution in [0.15, 0.2) is 18.3 Å². The number of nitrogens with zero attached hydrogens (tertiary/aromatic N) is 2. The van der Waals surface area contributed by atoms with Crippen molar-refractivity contribution in [3.63, 3.8) is 0 Å². The number of esters is 1. The second kappa shape index (κ2) is 4.57. The topological polar surface area (TPSA) is 43.6 Å². The molecule has 17 heavy (non-hydrogen) atoms. The van der Waals surface area contributed by atoms with Crippen molar-refractivity contribution in [2.45, 2.75) is 27.2 Å². The van der Waals surface area contributed by atoms with E-state index in [-0.39, 0.29) is 5.97 Å². The van der Waals surface area contributed by atoms with Crippen LogP contribution in [-0.2, 0) is 11.2 Å². The number of pyridine rings is 1. The van der Waals surface area contributed by atoms with Crippen molar-refractivity contribution in [2.75, 3.05) is 6.61 Å². The van der Waals surface area contributed by atoms with E-state index in [4.69, 9.17) is 4.74 Å². The highest BCUT2D eigenvalue weighted by Gasteiger charge is 2.19. The maximum atomic E-state index is 11.9. The molecule has 0 saturated heterocycles. The average molecular weight is 232 g/mol. The maximum Gasteiger partial charge on any atom is 0.342 e. The zero-order valence-electron chi connectivity index (χ0n) is 10.4. The van der Waals surface area contributed by atoms with Gasteiger partial charge in [-0.25, -0.2) is 9.31 Å². The van der Waals surface area contributed by atoms with Gasteiger partial charge in [-0.2, -0.15) is 5.10 Å². The number of hydrogen-bond acceptors (Lipinski definition) is 3. The molecule has 0 aliphatic heterocycles. The fraction of sp³-hybridized carbons (Fsp3) is 0.385. The van der Waals surface area contributed by atoms with Gasteiger partial charge in [0, 0.05) is 6.20 Å². The van der Waals surface area contributed by atoms with Gasteiger partial charge < -0.3 is 4.74 Å². The molecule has 90 valence electrons. The number of carbonyl (C=O) groups excluding carboxylic acids is 1. The largest absolute Gasteiger partial charge is 0.462 e. The van der Waals surface area contributed by atoms with Crippen LogP contribution in [0.2, 0.25) is 0 Å². The van der Waals surface area contributed by atoms with E-state index in [2.05, 4.69) is 5.10 Å². The third-order valence-corrected chi connectivity index (χ3v) is 2.68. The number of ether oxygens (including phenoxy) is 1. The monoisotopic (exact) mass is 232 g/mol. The predicted molar refractivity (Wildman–Crippen MR) is 65.3 cm³/mol. The summed E-state index contributed by atoms with van der Waals surface area (Å²) in [5.74, 6) is -0.287. The number of aromatic nitrogens is 2. The van der Waals surface area contributed by atoms with E-state index in [0.717, 1.165) is 23.2 Å². The number of aryl methyl sites for hydroxylation is 2. The first kappa shape index (κ1) is 11.6. The van der Waals surface area contributed by atoms with Gasteiger partial charge in [0.05, 0.1) is 17.8 Å². The van der Waals surface area contributed by atoms with E-state index in [9.17, 15) is 4.79 Å². The molecule has 0 saturated carbocycles. The van der Waals surface area contributed by atoms with Gasteiger partial charge in [0.1, 0.15) is 5.56 Å². The van der Waals surface area contributed by atoms with E-state index in [1.807, 2.05) is 32.2 Å². The Bertz CT molecular complexity index is 558. The molecule has 0 amide bonds. The van der Waals surface area contributed by atoms with Crippen LogP contribution in [0.1, 0.15) is 35.5 Å². The van der Waals surface area contributed by atoms with Crippen molar-refractivity contribution < 1.29 is 9.53 Å². The first-order valence-electron chi connectivity index (χ1n) is 5.82. The van der Waals surface area contributed by atoms with E-state index >= 15 is 0 Å². The first-order valence-corrected chi connectivity index (χ1v) is 5.82. The number of rotatable bonds is 3. The lowest BCUT2D eigenvalue weighted by Crippen LogP contribution is -2.06. The molecular weight excluding hydrogens is 216 g/mol. The van der Waals surface area contributed by atoms with Crippen molar-refractivity contribution in [2.24, 2.45) is 0 Å². The highest BCUT2D eigenvalue weighted by molar-refractivity contribution is 5.98. The summed E-state index contributed by atoms with van der Waals surface area (Å²) in [5.41, 5.74) is 3.30. The summed E-state index contributed by atoms with van der Waals surface area (Å²) in [6.45, 7) is 6.16. The quantitative estimate of drug-likeness (QED) is 0.763. The van der Waals surface area contributed by atoms with E-state index < -0.39 is 0 Å². The van der Waals surface area contributed by atoms with Crippen molar-refractivity contribution in [3.8, 4) is 0 Å². The van der Waals surface area contributed by atoms with E-state index in [0.29, 0.717) is 12.2 Å². The molecule has 4 nitrogen and oxygen atoms in total. The smallest absolute Gasteiger partial charge is 0.342 e. The lowest BCUT2D eigenvalue weighted by atomic mass is 10.1. The molecule has 0 atom stereocenters. The normalized spacial score (nSPS) is 10.8. The van der Waals surface area contributed by atoms with E-state index in [1.165, 1.54) is 0 Å². The second-order valence-corrected chi connectivity index (χ2v) is 3.93. The van der Waals surface area contributed by atoms with Gasteiger partial charge in [-0.05, 0) is 38.0 Å². The molecule has 4 heteroatoms. The minimum atomic E-state index is -0.287. The van der Waals surface area contributed by atoms with Gasteiger partial charge in [0.2, 0.25) is 0 Å². The molecule has 0 unspecified atom stereocenters. The molecule has 2 aromatic rings. The molecule has 0 N–H and O–H groups in total. The summed E-state index contributed by atoms with van der Waals surface area (Å²) >= 11 is 0. The van der Waals surface area contributed by atoms with Gasteiger partial charge in [-0.3, -0.25) is 0 Å². The standard InChI is InChI=1S/C13H16N2O2/c1-4-10-12(13(16)17-5-2)11-8-9(3)6-7-15(11)14-10/h6-8H,4-5H2,1-3H3. The van der Waals surface area contributed by atoms with Crippen LogP contribution in [-0.4, -0.2) is 22.2 Å². The predicted octanol–water partition coefficient (Wildman–Crippen LogP) is 2.38. The average Bonchev–Trinajstić information content (AvgIpc) is 2.66. The lowest BCUT2D eigenvalue weighted by Gasteiger charge is -2.02.